The molecule has 0 bridgehead atoms. The molecule has 0 spiro atoms. The van der Waals surface area contributed by atoms with E-state index in [1.165, 1.54) is 11.4 Å². The summed E-state index contributed by atoms with van der Waals surface area (Å²) < 4.78 is 32.1. The minimum atomic E-state index is -3.78. The van der Waals surface area contributed by atoms with Crippen molar-refractivity contribution in [3.8, 4) is 0 Å². The Kier molecular flexibility index (Phi) is 5.28. The largest absolute Gasteiger partial charge is 0.466 e. The monoisotopic (exact) mass is 341 g/mol. The number of anilines is 1. The van der Waals surface area contributed by atoms with Crippen LogP contribution in [0.3, 0.4) is 0 Å². The number of hydrogen-bond donors (Lipinski definition) is 2. The first-order valence-electron chi connectivity index (χ1n) is 7.49. The van der Waals surface area contributed by atoms with Crippen molar-refractivity contribution in [3.63, 3.8) is 0 Å². The van der Waals surface area contributed by atoms with Gasteiger partial charge in [-0.1, -0.05) is 12.1 Å². The fourth-order valence-corrected chi connectivity index (χ4v) is 4.25. The molecule has 1 aromatic carbocycles. The quantitative estimate of drug-likeness (QED) is 0.766. The molecule has 23 heavy (non-hydrogen) atoms. The molecule has 0 aromatic heterocycles. The number of aryl methyl sites for hydroxylation is 2. The minimum Gasteiger partial charge on any atom is -0.466 e. The Morgan fingerprint density at radius 2 is 2.09 bits per heavy atom. The minimum absolute atomic E-state index is 0.212. The lowest BCUT2D eigenvalue weighted by Crippen LogP contribution is -2.48. The Morgan fingerprint density at radius 1 is 1.39 bits per heavy atom. The Labute approximate surface area is 137 Å². The lowest BCUT2D eigenvalue weighted by atomic mass is 10.1. The van der Waals surface area contributed by atoms with Crippen molar-refractivity contribution in [2.45, 2.75) is 26.1 Å². The molecule has 0 radical (unpaired) electrons. The van der Waals surface area contributed by atoms with Crippen LogP contribution in [0.4, 0.5) is 5.69 Å². The van der Waals surface area contributed by atoms with Crippen molar-refractivity contribution in [2.75, 3.05) is 24.5 Å². The first kappa shape index (κ1) is 17.7. The predicted octanol–water partition coefficient (Wildman–Crippen LogP) is 0.683. The van der Waals surface area contributed by atoms with Gasteiger partial charge in [0.05, 0.1) is 12.3 Å². The molecule has 0 saturated carbocycles. The molecule has 0 amide bonds. The number of rotatable bonds is 5. The van der Waals surface area contributed by atoms with Gasteiger partial charge in [-0.15, -0.1) is 0 Å². The van der Waals surface area contributed by atoms with Crippen molar-refractivity contribution >= 4 is 21.7 Å². The van der Waals surface area contributed by atoms with Crippen LogP contribution in [0.5, 0.6) is 0 Å². The van der Waals surface area contributed by atoms with E-state index in [4.69, 9.17) is 4.74 Å². The van der Waals surface area contributed by atoms with E-state index in [9.17, 15) is 13.2 Å². The van der Waals surface area contributed by atoms with Gasteiger partial charge in [-0.05, 0) is 38.0 Å². The molecule has 128 valence electrons. The van der Waals surface area contributed by atoms with Crippen LogP contribution >= 0.6 is 0 Å². The summed E-state index contributed by atoms with van der Waals surface area (Å²) in [5.74, 6) is -1.31. The van der Waals surface area contributed by atoms with Crippen LogP contribution in [0, 0.1) is 19.8 Å². The first-order chi connectivity index (χ1) is 10.8. The molecule has 1 aromatic rings. The molecular weight excluding hydrogens is 318 g/mol. The molecule has 1 heterocycles. The number of nitrogens with zero attached hydrogens (tertiary/aromatic N) is 1. The summed E-state index contributed by atoms with van der Waals surface area (Å²) in [6, 6.07) is 5.62. The number of nitrogens with one attached hydrogen (secondary N) is 2. The standard InChI is InChI=1S/C15H23N3O4S/c1-5-22-15(19)12-9-16-17-14(12)23(20,21)18(4)13-8-10(2)6-7-11(13)3/h6-8,12,14,16-17H,5,9H2,1-4H3. The number of ether oxygens (including phenoxy) is 1. The maximum absolute atomic E-state index is 12.9. The second-order valence-electron chi connectivity index (χ2n) is 5.61. The zero-order valence-electron chi connectivity index (χ0n) is 13.8. The average Bonchev–Trinajstić information content (AvgIpc) is 2.99. The molecule has 2 rings (SSSR count). The number of sulfonamides is 1. The van der Waals surface area contributed by atoms with Gasteiger partial charge in [-0.25, -0.2) is 13.8 Å². The van der Waals surface area contributed by atoms with Gasteiger partial charge < -0.3 is 4.74 Å². The van der Waals surface area contributed by atoms with E-state index in [1.54, 1.807) is 6.92 Å². The van der Waals surface area contributed by atoms with E-state index in [-0.39, 0.29) is 13.2 Å². The Morgan fingerprint density at radius 3 is 2.74 bits per heavy atom. The van der Waals surface area contributed by atoms with Crippen LogP contribution in [0.15, 0.2) is 18.2 Å². The third-order valence-corrected chi connectivity index (χ3v) is 5.98. The average molecular weight is 341 g/mol. The maximum Gasteiger partial charge on any atom is 0.313 e. The molecule has 0 aliphatic carbocycles. The molecule has 1 aliphatic heterocycles. The molecular formula is C15H23N3O4S. The van der Waals surface area contributed by atoms with Gasteiger partial charge in [-0.3, -0.25) is 14.5 Å². The van der Waals surface area contributed by atoms with E-state index in [0.29, 0.717) is 5.69 Å². The molecule has 1 saturated heterocycles. The van der Waals surface area contributed by atoms with E-state index < -0.39 is 27.3 Å². The molecule has 1 fully saturated rings. The van der Waals surface area contributed by atoms with Crippen molar-refractivity contribution in [1.29, 1.82) is 0 Å². The highest BCUT2D eigenvalue weighted by atomic mass is 32.2. The molecule has 7 nitrogen and oxygen atoms in total. The fourth-order valence-electron chi connectivity index (χ4n) is 2.58. The lowest BCUT2D eigenvalue weighted by Gasteiger charge is -2.27. The van der Waals surface area contributed by atoms with Crippen LogP contribution in [0.25, 0.3) is 0 Å². The topological polar surface area (TPSA) is 87.7 Å². The summed E-state index contributed by atoms with van der Waals surface area (Å²) in [7, 11) is -2.29. The van der Waals surface area contributed by atoms with Crippen LogP contribution < -0.4 is 15.2 Å². The third kappa shape index (κ3) is 3.49. The number of hydrogen-bond acceptors (Lipinski definition) is 6. The summed E-state index contributed by atoms with van der Waals surface area (Å²) in [5, 5.41) is -1.06. The lowest BCUT2D eigenvalue weighted by molar-refractivity contribution is -0.147. The smallest absolute Gasteiger partial charge is 0.313 e. The van der Waals surface area contributed by atoms with Gasteiger partial charge in [0.15, 0.2) is 5.37 Å². The Bertz CT molecular complexity index is 690. The maximum atomic E-state index is 12.9. The van der Waals surface area contributed by atoms with E-state index in [1.807, 2.05) is 32.0 Å². The summed E-state index contributed by atoms with van der Waals surface area (Å²) in [4.78, 5) is 12.0. The van der Waals surface area contributed by atoms with Gasteiger partial charge in [0.25, 0.3) is 10.0 Å². The summed E-state index contributed by atoms with van der Waals surface area (Å²) in [6.45, 7) is 5.88. The van der Waals surface area contributed by atoms with E-state index in [2.05, 4.69) is 10.9 Å². The number of carbonyl (C=O) groups is 1. The summed E-state index contributed by atoms with van der Waals surface area (Å²) in [5.41, 5.74) is 7.84. The molecule has 2 N–H and O–H groups in total. The van der Waals surface area contributed by atoms with Gasteiger partial charge >= 0.3 is 5.97 Å². The van der Waals surface area contributed by atoms with Gasteiger partial charge in [-0.2, -0.15) is 0 Å². The fraction of sp³-hybridized carbons (Fsp3) is 0.533. The summed E-state index contributed by atoms with van der Waals surface area (Å²) >= 11 is 0. The van der Waals surface area contributed by atoms with E-state index in [0.717, 1.165) is 11.1 Å². The molecule has 1 aliphatic rings. The second kappa shape index (κ2) is 6.86. The van der Waals surface area contributed by atoms with Gasteiger partial charge in [0.1, 0.15) is 5.92 Å². The van der Waals surface area contributed by atoms with Crippen LogP contribution in [0.2, 0.25) is 0 Å². The number of benzene rings is 1. The molecule has 2 atom stereocenters. The SMILES string of the molecule is CCOC(=O)C1CNNC1S(=O)(=O)N(C)c1cc(C)ccc1C. The van der Waals surface area contributed by atoms with Crippen LogP contribution in [0.1, 0.15) is 18.1 Å². The van der Waals surface area contributed by atoms with Gasteiger partial charge in [0.2, 0.25) is 0 Å². The zero-order chi connectivity index (χ0) is 17.2. The van der Waals surface area contributed by atoms with Crippen LogP contribution in [-0.2, 0) is 19.6 Å². The predicted molar refractivity (Wildman–Crippen MR) is 88.3 cm³/mol. The Balaban J connectivity index is 2.33. The summed E-state index contributed by atoms with van der Waals surface area (Å²) in [6.07, 6.45) is 0. The van der Waals surface area contributed by atoms with Crippen molar-refractivity contribution in [3.05, 3.63) is 29.3 Å². The number of hydrazine groups is 1. The normalized spacial score (nSPS) is 21.2. The highest BCUT2D eigenvalue weighted by molar-refractivity contribution is 7.93. The van der Waals surface area contributed by atoms with E-state index >= 15 is 0 Å². The van der Waals surface area contributed by atoms with Crippen LogP contribution in [-0.4, -0.2) is 40.0 Å². The zero-order valence-corrected chi connectivity index (χ0v) is 14.6. The second-order valence-corrected chi connectivity index (χ2v) is 7.69. The van der Waals surface area contributed by atoms with Crippen molar-refractivity contribution < 1.29 is 17.9 Å². The number of carbonyl (C=O) groups excluding carboxylic acids is 1. The number of esters is 1. The van der Waals surface area contributed by atoms with Gasteiger partial charge in [0, 0.05) is 13.6 Å². The van der Waals surface area contributed by atoms with Crippen molar-refractivity contribution in [1.82, 2.24) is 10.9 Å². The highest BCUT2D eigenvalue weighted by Gasteiger charge is 2.44. The van der Waals surface area contributed by atoms with Crippen molar-refractivity contribution in [2.24, 2.45) is 5.92 Å². The highest BCUT2D eigenvalue weighted by Crippen LogP contribution is 2.27. The molecule has 8 heteroatoms. The Hall–Kier alpha value is -1.64. The third-order valence-electron chi connectivity index (χ3n) is 3.93. The first-order valence-corrected chi connectivity index (χ1v) is 8.99. The molecule has 2 unspecified atom stereocenters.